The number of hydrogen-bond acceptors (Lipinski definition) is 3. The molecule has 4 heteroatoms. The lowest BCUT2D eigenvalue weighted by Crippen LogP contribution is -2.51. The standard InChI is InChI=1S/C25H30N2O2/c1-29-23-12-11-20(19-9-4-5-10-21(19)23)22-15-17-16-26(18-7-2-3-8-18)24(28)25(17)13-6-14-27(22)25/h4-5,9-12,17-18,22H,2-3,6-8,13-16H2,1H3/t17-,22-,25-/m0/s1. The van der Waals surface area contributed by atoms with Gasteiger partial charge in [-0.15, -0.1) is 0 Å². The second-order valence-electron chi connectivity index (χ2n) is 9.47. The molecule has 3 saturated heterocycles. The molecule has 2 aromatic rings. The Morgan fingerprint density at radius 3 is 2.62 bits per heavy atom. The maximum atomic E-state index is 13.8. The van der Waals surface area contributed by atoms with Crippen molar-refractivity contribution in [1.29, 1.82) is 0 Å². The van der Waals surface area contributed by atoms with Gasteiger partial charge in [-0.25, -0.2) is 0 Å². The summed E-state index contributed by atoms with van der Waals surface area (Å²) < 4.78 is 5.62. The van der Waals surface area contributed by atoms with Gasteiger partial charge in [0.15, 0.2) is 0 Å². The molecule has 0 bridgehead atoms. The number of methoxy groups -OCH3 is 1. The normalized spacial score (nSPS) is 32.3. The summed E-state index contributed by atoms with van der Waals surface area (Å²) in [5.41, 5.74) is 1.14. The molecule has 0 unspecified atom stereocenters. The Morgan fingerprint density at radius 1 is 1.03 bits per heavy atom. The summed E-state index contributed by atoms with van der Waals surface area (Å²) >= 11 is 0. The van der Waals surface area contributed by atoms with Crippen LogP contribution in [0.4, 0.5) is 0 Å². The molecule has 0 N–H and O–H groups in total. The zero-order valence-corrected chi connectivity index (χ0v) is 17.3. The van der Waals surface area contributed by atoms with Crippen LogP contribution in [-0.2, 0) is 4.79 Å². The van der Waals surface area contributed by atoms with Crippen LogP contribution in [0.3, 0.4) is 0 Å². The van der Waals surface area contributed by atoms with E-state index >= 15 is 0 Å². The van der Waals surface area contributed by atoms with Crippen molar-refractivity contribution >= 4 is 16.7 Å². The molecule has 6 rings (SSSR count). The van der Waals surface area contributed by atoms with Gasteiger partial charge in [0.25, 0.3) is 0 Å². The minimum absolute atomic E-state index is 0.228. The molecule has 152 valence electrons. The van der Waals surface area contributed by atoms with Gasteiger partial charge < -0.3 is 9.64 Å². The average Bonchev–Trinajstić information content (AvgIpc) is 3.51. The molecular formula is C25H30N2O2. The second-order valence-corrected chi connectivity index (χ2v) is 9.47. The van der Waals surface area contributed by atoms with Crippen LogP contribution in [0.5, 0.6) is 5.75 Å². The lowest BCUT2D eigenvalue weighted by atomic mass is 9.85. The molecule has 2 aromatic carbocycles. The van der Waals surface area contributed by atoms with Crippen molar-refractivity contribution in [2.75, 3.05) is 20.2 Å². The molecule has 1 amide bonds. The number of nitrogens with zero attached hydrogens (tertiary/aromatic N) is 2. The van der Waals surface area contributed by atoms with Gasteiger partial charge in [-0.1, -0.05) is 43.2 Å². The largest absolute Gasteiger partial charge is 0.496 e. The van der Waals surface area contributed by atoms with Crippen LogP contribution < -0.4 is 4.74 Å². The SMILES string of the molecule is COc1ccc([C@@H]2C[C@H]3CN(C4CCCC4)C(=O)[C@]34CCCN24)c2ccccc12. The van der Waals surface area contributed by atoms with E-state index in [0.717, 1.165) is 38.1 Å². The van der Waals surface area contributed by atoms with E-state index in [2.05, 4.69) is 46.2 Å². The number of hydrogen-bond donors (Lipinski definition) is 0. The molecule has 3 atom stereocenters. The number of amides is 1. The zero-order chi connectivity index (χ0) is 19.6. The maximum absolute atomic E-state index is 13.8. The Hall–Kier alpha value is -2.07. The van der Waals surface area contributed by atoms with E-state index in [4.69, 9.17) is 4.74 Å². The lowest BCUT2D eigenvalue weighted by Gasteiger charge is -2.35. The Balaban J connectivity index is 1.40. The van der Waals surface area contributed by atoms with E-state index in [1.165, 1.54) is 42.0 Å². The minimum Gasteiger partial charge on any atom is -0.496 e. The average molecular weight is 391 g/mol. The smallest absolute Gasteiger partial charge is 0.243 e. The third-order valence-electron chi connectivity index (χ3n) is 8.34. The molecule has 3 aliphatic heterocycles. The molecule has 4 aliphatic rings. The lowest BCUT2D eigenvalue weighted by molar-refractivity contribution is -0.138. The monoisotopic (exact) mass is 390 g/mol. The number of rotatable bonds is 3. The number of likely N-dealkylation sites (tertiary alicyclic amines) is 1. The fraction of sp³-hybridized carbons (Fsp3) is 0.560. The molecule has 1 aliphatic carbocycles. The van der Waals surface area contributed by atoms with Crippen molar-refractivity contribution in [2.45, 2.75) is 62.6 Å². The Labute approximate surface area is 172 Å². The van der Waals surface area contributed by atoms with Gasteiger partial charge in [-0.3, -0.25) is 9.69 Å². The van der Waals surface area contributed by atoms with E-state index in [-0.39, 0.29) is 5.54 Å². The first-order valence-corrected chi connectivity index (χ1v) is 11.4. The summed E-state index contributed by atoms with van der Waals surface area (Å²) in [5.74, 6) is 1.86. The Bertz CT molecular complexity index is 966. The zero-order valence-electron chi connectivity index (χ0n) is 17.3. The van der Waals surface area contributed by atoms with Crippen molar-refractivity contribution in [2.24, 2.45) is 5.92 Å². The highest BCUT2D eigenvalue weighted by Crippen LogP contribution is 2.57. The molecular weight excluding hydrogens is 360 g/mol. The van der Waals surface area contributed by atoms with Crippen LogP contribution in [0.2, 0.25) is 0 Å². The number of carbonyl (C=O) groups is 1. The van der Waals surface area contributed by atoms with Gasteiger partial charge >= 0.3 is 0 Å². The summed E-state index contributed by atoms with van der Waals surface area (Å²) in [4.78, 5) is 18.7. The van der Waals surface area contributed by atoms with Gasteiger partial charge in [0, 0.05) is 29.9 Å². The van der Waals surface area contributed by atoms with Crippen molar-refractivity contribution in [3.05, 3.63) is 42.0 Å². The quantitative estimate of drug-likeness (QED) is 0.772. The molecule has 1 spiro atoms. The highest BCUT2D eigenvalue weighted by atomic mass is 16.5. The fourth-order valence-electron chi connectivity index (χ4n) is 7.11. The predicted octanol–water partition coefficient (Wildman–Crippen LogP) is 4.53. The summed E-state index contributed by atoms with van der Waals surface area (Å²) in [6, 6.07) is 13.8. The van der Waals surface area contributed by atoms with Gasteiger partial charge in [0.1, 0.15) is 11.3 Å². The van der Waals surface area contributed by atoms with Crippen LogP contribution in [0.1, 0.15) is 56.6 Å². The first kappa shape index (κ1) is 17.8. The van der Waals surface area contributed by atoms with Gasteiger partial charge in [0.2, 0.25) is 5.91 Å². The van der Waals surface area contributed by atoms with Crippen molar-refractivity contribution in [3.8, 4) is 5.75 Å². The van der Waals surface area contributed by atoms with E-state index in [1.54, 1.807) is 7.11 Å². The van der Waals surface area contributed by atoms with E-state index < -0.39 is 0 Å². The fourth-order valence-corrected chi connectivity index (χ4v) is 7.11. The van der Waals surface area contributed by atoms with Crippen LogP contribution in [0.25, 0.3) is 10.8 Å². The molecule has 0 radical (unpaired) electrons. The molecule has 29 heavy (non-hydrogen) atoms. The summed E-state index contributed by atoms with van der Waals surface area (Å²) in [5, 5.41) is 2.45. The molecule has 4 nitrogen and oxygen atoms in total. The van der Waals surface area contributed by atoms with Gasteiger partial charge in [-0.2, -0.15) is 0 Å². The van der Waals surface area contributed by atoms with Crippen LogP contribution >= 0.6 is 0 Å². The van der Waals surface area contributed by atoms with Crippen LogP contribution in [0.15, 0.2) is 36.4 Å². The van der Waals surface area contributed by atoms with Crippen molar-refractivity contribution < 1.29 is 9.53 Å². The number of benzene rings is 2. The van der Waals surface area contributed by atoms with E-state index in [9.17, 15) is 4.79 Å². The topological polar surface area (TPSA) is 32.8 Å². The minimum atomic E-state index is -0.228. The Morgan fingerprint density at radius 2 is 1.83 bits per heavy atom. The van der Waals surface area contributed by atoms with Gasteiger partial charge in [0.05, 0.1) is 7.11 Å². The highest BCUT2D eigenvalue weighted by molar-refractivity contribution is 5.93. The highest BCUT2D eigenvalue weighted by Gasteiger charge is 2.65. The van der Waals surface area contributed by atoms with E-state index in [0.29, 0.717) is 23.9 Å². The van der Waals surface area contributed by atoms with Crippen molar-refractivity contribution in [1.82, 2.24) is 9.80 Å². The van der Waals surface area contributed by atoms with Crippen LogP contribution in [-0.4, -0.2) is 47.5 Å². The number of ether oxygens (including phenoxy) is 1. The Kier molecular flexibility index (Phi) is 3.96. The summed E-state index contributed by atoms with van der Waals surface area (Å²) in [6.07, 6.45) is 8.29. The number of fused-ring (bicyclic) bond motifs is 1. The third-order valence-corrected chi connectivity index (χ3v) is 8.34. The van der Waals surface area contributed by atoms with Gasteiger partial charge in [-0.05, 0) is 55.7 Å². The molecule has 0 aromatic heterocycles. The molecule has 1 saturated carbocycles. The number of carbonyl (C=O) groups excluding carboxylic acids is 1. The maximum Gasteiger partial charge on any atom is 0.243 e. The first-order valence-electron chi connectivity index (χ1n) is 11.4. The first-order chi connectivity index (χ1) is 14.2. The molecule has 3 heterocycles. The van der Waals surface area contributed by atoms with Crippen LogP contribution in [0, 0.1) is 5.92 Å². The summed E-state index contributed by atoms with van der Waals surface area (Å²) in [7, 11) is 1.74. The molecule has 4 fully saturated rings. The summed E-state index contributed by atoms with van der Waals surface area (Å²) in [6.45, 7) is 2.02. The predicted molar refractivity (Wildman–Crippen MR) is 114 cm³/mol. The van der Waals surface area contributed by atoms with E-state index in [1.807, 2.05) is 0 Å². The third kappa shape index (κ3) is 2.32. The second kappa shape index (κ2) is 6.46. The van der Waals surface area contributed by atoms with Crippen molar-refractivity contribution in [3.63, 3.8) is 0 Å².